The van der Waals surface area contributed by atoms with Crippen molar-refractivity contribution in [2.45, 2.75) is 75.8 Å². The summed E-state index contributed by atoms with van der Waals surface area (Å²) >= 11 is 0. The van der Waals surface area contributed by atoms with E-state index in [1.54, 1.807) is 0 Å². The molecule has 1 aliphatic rings. The van der Waals surface area contributed by atoms with Gasteiger partial charge in [-0.1, -0.05) is 32.6 Å². The van der Waals surface area contributed by atoms with Gasteiger partial charge in [-0.3, -0.25) is 4.79 Å². The van der Waals surface area contributed by atoms with Crippen LogP contribution in [0, 0.1) is 5.82 Å². The van der Waals surface area contributed by atoms with Crippen molar-refractivity contribution in [3.05, 3.63) is 30.1 Å². The van der Waals surface area contributed by atoms with Crippen molar-refractivity contribution in [3.63, 3.8) is 0 Å². The van der Waals surface area contributed by atoms with Crippen molar-refractivity contribution in [1.82, 2.24) is 9.62 Å². The highest BCUT2D eigenvalue weighted by molar-refractivity contribution is 7.89. The van der Waals surface area contributed by atoms with E-state index in [0.717, 1.165) is 57.1 Å². The second-order valence-corrected chi connectivity index (χ2v) is 8.94. The molecule has 0 saturated heterocycles. The largest absolute Gasteiger partial charge is 0.353 e. The molecule has 1 aromatic rings. The molecular formula is C19H29FN2O3S. The maximum atomic E-state index is 13.2. The lowest BCUT2D eigenvalue weighted by Gasteiger charge is -2.33. The minimum atomic E-state index is -3.85. The summed E-state index contributed by atoms with van der Waals surface area (Å²) in [5.41, 5.74) is 0. The van der Waals surface area contributed by atoms with Crippen LogP contribution in [-0.4, -0.2) is 37.3 Å². The van der Waals surface area contributed by atoms with Crippen molar-refractivity contribution in [2.75, 3.05) is 6.54 Å². The monoisotopic (exact) mass is 384 g/mol. The molecule has 2 rings (SSSR count). The fraction of sp³-hybridized carbons (Fsp3) is 0.632. The maximum Gasteiger partial charge on any atom is 0.243 e. The Labute approximate surface area is 156 Å². The number of benzene rings is 1. The van der Waals surface area contributed by atoms with Crippen LogP contribution in [-0.2, 0) is 14.8 Å². The third kappa shape index (κ3) is 5.51. The van der Waals surface area contributed by atoms with Gasteiger partial charge in [-0.2, -0.15) is 4.31 Å². The number of amides is 1. The molecule has 1 N–H and O–H groups in total. The number of nitrogens with one attached hydrogen (secondary N) is 1. The van der Waals surface area contributed by atoms with Crippen LogP contribution in [0.25, 0.3) is 0 Å². The molecule has 1 aliphatic carbocycles. The summed E-state index contributed by atoms with van der Waals surface area (Å²) < 4.78 is 40.7. The molecule has 0 aromatic heterocycles. The van der Waals surface area contributed by atoms with Gasteiger partial charge in [0, 0.05) is 12.1 Å². The van der Waals surface area contributed by atoms with Gasteiger partial charge in [0.05, 0.1) is 11.4 Å². The summed E-state index contributed by atoms with van der Waals surface area (Å²) in [5, 5.41) is 2.88. The van der Waals surface area contributed by atoms with E-state index in [4.69, 9.17) is 0 Å². The van der Waals surface area contributed by atoms with E-state index in [-0.39, 0.29) is 29.4 Å². The Morgan fingerprint density at radius 2 is 1.85 bits per heavy atom. The fourth-order valence-corrected chi connectivity index (χ4v) is 5.13. The summed E-state index contributed by atoms with van der Waals surface area (Å²) in [4.78, 5) is 12.5. The van der Waals surface area contributed by atoms with E-state index in [1.807, 2.05) is 13.8 Å². The molecule has 5 nitrogen and oxygen atoms in total. The van der Waals surface area contributed by atoms with E-state index in [1.165, 1.54) is 16.4 Å². The zero-order valence-electron chi connectivity index (χ0n) is 15.6. The highest BCUT2D eigenvalue weighted by Crippen LogP contribution is 2.27. The van der Waals surface area contributed by atoms with E-state index < -0.39 is 15.8 Å². The molecule has 0 aliphatic heterocycles. The molecule has 1 fully saturated rings. The first-order valence-electron chi connectivity index (χ1n) is 9.41. The Morgan fingerprint density at radius 3 is 2.42 bits per heavy atom. The molecule has 0 bridgehead atoms. The van der Waals surface area contributed by atoms with Crippen molar-refractivity contribution < 1.29 is 17.6 Å². The minimum absolute atomic E-state index is 0.00855. The molecule has 0 unspecified atom stereocenters. The van der Waals surface area contributed by atoms with E-state index in [2.05, 4.69) is 5.32 Å². The zero-order chi connectivity index (χ0) is 19.2. The molecule has 0 heterocycles. The highest BCUT2D eigenvalue weighted by Gasteiger charge is 2.34. The topological polar surface area (TPSA) is 66.5 Å². The van der Waals surface area contributed by atoms with Gasteiger partial charge in [-0.05, 0) is 50.5 Å². The molecular weight excluding hydrogens is 355 g/mol. The Hall–Kier alpha value is -1.47. The third-order valence-electron chi connectivity index (χ3n) is 4.83. The second-order valence-electron chi connectivity index (χ2n) is 7.05. The van der Waals surface area contributed by atoms with Crippen LogP contribution in [0.5, 0.6) is 0 Å². The summed E-state index contributed by atoms with van der Waals surface area (Å²) in [6, 6.07) is 4.61. The van der Waals surface area contributed by atoms with Crippen molar-refractivity contribution in [3.8, 4) is 0 Å². The summed E-state index contributed by atoms with van der Waals surface area (Å²) in [5.74, 6) is -0.776. The number of halogens is 1. The maximum absolute atomic E-state index is 13.2. The van der Waals surface area contributed by atoms with Crippen LogP contribution in [0.1, 0.15) is 58.8 Å². The normalized spacial score (nSPS) is 17.2. The minimum Gasteiger partial charge on any atom is -0.353 e. The van der Waals surface area contributed by atoms with Crippen LogP contribution in [0.3, 0.4) is 0 Å². The number of hydrogen-bond acceptors (Lipinski definition) is 3. The van der Waals surface area contributed by atoms with Gasteiger partial charge in [-0.15, -0.1) is 0 Å². The highest BCUT2D eigenvalue weighted by atomic mass is 32.2. The number of carbonyl (C=O) groups is 1. The molecule has 1 amide bonds. The van der Waals surface area contributed by atoms with Gasteiger partial charge in [0.2, 0.25) is 15.9 Å². The molecule has 26 heavy (non-hydrogen) atoms. The average Bonchev–Trinajstić information content (AvgIpc) is 2.61. The van der Waals surface area contributed by atoms with E-state index in [0.29, 0.717) is 0 Å². The Morgan fingerprint density at radius 1 is 1.23 bits per heavy atom. The first-order valence-corrected chi connectivity index (χ1v) is 10.9. The van der Waals surface area contributed by atoms with Crippen LogP contribution >= 0.6 is 0 Å². The Balaban J connectivity index is 2.22. The predicted molar refractivity (Wildman–Crippen MR) is 99.7 cm³/mol. The second kappa shape index (κ2) is 9.46. The summed E-state index contributed by atoms with van der Waals surface area (Å²) in [7, 11) is -3.85. The van der Waals surface area contributed by atoms with Crippen molar-refractivity contribution in [2.24, 2.45) is 0 Å². The standard InChI is InChI=1S/C19H29FN2O3S/c1-3-7-15(2)21-19(23)14-22(17-8-5-4-6-9-17)26(24,25)18-12-10-16(20)11-13-18/h10-13,15,17H,3-9,14H2,1-2H3,(H,21,23)/t15-/m0/s1. The SMILES string of the molecule is CCC[C@H](C)NC(=O)CN(C1CCCCC1)S(=O)(=O)c1ccc(F)cc1. The Kier molecular flexibility index (Phi) is 7.58. The predicted octanol–water partition coefficient (Wildman–Crippen LogP) is 3.45. The number of nitrogens with zero attached hydrogens (tertiary/aromatic N) is 1. The lowest BCUT2D eigenvalue weighted by atomic mass is 9.95. The molecule has 146 valence electrons. The lowest BCUT2D eigenvalue weighted by Crippen LogP contribution is -2.48. The van der Waals surface area contributed by atoms with Gasteiger partial charge >= 0.3 is 0 Å². The van der Waals surface area contributed by atoms with Crippen LogP contribution in [0.2, 0.25) is 0 Å². The first kappa shape index (κ1) is 20.8. The lowest BCUT2D eigenvalue weighted by molar-refractivity contribution is -0.122. The number of carbonyl (C=O) groups excluding carboxylic acids is 1. The third-order valence-corrected chi connectivity index (χ3v) is 6.74. The van der Waals surface area contributed by atoms with Gasteiger partial charge in [0.25, 0.3) is 0 Å². The van der Waals surface area contributed by atoms with Gasteiger partial charge in [0.15, 0.2) is 0 Å². The molecule has 7 heteroatoms. The van der Waals surface area contributed by atoms with Crippen LogP contribution < -0.4 is 5.32 Å². The van der Waals surface area contributed by atoms with E-state index >= 15 is 0 Å². The Bertz CT molecular complexity index is 685. The van der Waals surface area contributed by atoms with Gasteiger partial charge in [-0.25, -0.2) is 12.8 Å². The van der Waals surface area contributed by atoms with Gasteiger partial charge < -0.3 is 5.32 Å². The van der Waals surface area contributed by atoms with Crippen LogP contribution in [0.15, 0.2) is 29.2 Å². The number of rotatable bonds is 8. The molecule has 1 atom stereocenters. The summed E-state index contributed by atoms with van der Waals surface area (Å²) in [6.45, 7) is 3.76. The number of hydrogen-bond donors (Lipinski definition) is 1. The number of sulfonamides is 1. The fourth-order valence-electron chi connectivity index (χ4n) is 3.49. The molecule has 1 saturated carbocycles. The molecule has 0 radical (unpaired) electrons. The molecule has 1 aromatic carbocycles. The zero-order valence-corrected chi connectivity index (χ0v) is 16.4. The average molecular weight is 385 g/mol. The van der Waals surface area contributed by atoms with Crippen LogP contribution in [0.4, 0.5) is 4.39 Å². The van der Waals surface area contributed by atoms with E-state index in [9.17, 15) is 17.6 Å². The quantitative estimate of drug-likeness (QED) is 0.746. The van der Waals surface area contributed by atoms with Gasteiger partial charge in [0.1, 0.15) is 5.82 Å². The molecule has 0 spiro atoms. The van der Waals surface area contributed by atoms with Crippen molar-refractivity contribution in [1.29, 1.82) is 0 Å². The summed E-state index contributed by atoms with van der Waals surface area (Å²) in [6.07, 6.45) is 6.28. The first-order chi connectivity index (χ1) is 12.3. The smallest absolute Gasteiger partial charge is 0.243 e. The van der Waals surface area contributed by atoms with Crippen molar-refractivity contribution >= 4 is 15.9 Å².